The fraction of sp³-hybridized carbons (Fsp3) is 0.200. The van der Waals surface area contributed by atoms with Gasteiger partial charge in [-0.25, -0.2) is 13.4 Å². The van der Waals surface area contributed by atoms with Crippen molar-refractivity contribution in [1.29, 1.82) is 0 Å². The molecule has 0 amide bonds. The summed E-state index contributed by atoms with van der Waals surface area (Å²) < 4.78 is 28.2. The summed E-state index contributed by atoms with van der Waals surface area (Å²) in [5.41, 5.74) is 3.80. The Balaban J connectivity index is 1.72. The van der Waals surface area contributed by atoms with Crippen molar-refractivity contribution in [3.05, 3.63) is 77.2 Å². The van der Waals surface area contributed by atoms with Crippen molar-refractivity contribution in [3.63, 3.8) is 0 Å². The predicted octanol–water partition coefficient (Wildman–Crippen LogP) is 3.81. The molecule has 0 saturated heterocycles. The topological polar surface area (TPSA) is 84.0 Å². The fourth-order valence-corrected chi connectivity index (χ4v) is 4.54. The molecule has 0 radical (unpaired) electrons. The van der Waals surface area contributed by atoms with Crippen molar-refractivity contribution in [1.82, 2.24) is 9.97 Å². The molecule has 0 unspecified atom stereocenters. The molecular weight excluding hydrogens is 360 g/mol. The summed E-state index contributed by atoms with van der Waals surface area (Å²) in [5.74, 6) is 0.645. The molecule has 2 heterocycles. The molecular formula is C20H22N4O2S. The first-order valence-electron chi connectivity index (χ1n) is 8.56. The summed E-state index contributed by atoms with van der Waals surface area (Å²) in [6.07, 6.45) is 3.23. The molecule has 0 aliphatic heterocycles. The van der Waals surface area contributed by atoms with Gasteiger partial charge in [-0.05, 0) is 56.2 Å². The highest BCUT2D eigenvalue weighted by Gasteiger charge is 2.20. The first-order valence-corrected chi connectivity index (χ1v) is 10.0. The maximum atomic E-state index is 12.8. The normalized spacial score (nSPS) is 11.2. The van der Waals surface area contributed by atoms with Gasteiger partial charge >= 0.3 is 0 Å². The number of hydrogen-bond donors (Lipinski definition) is 2. The Bertz CT molecular complexity index is 1010. The monoisotopic (exact) mass is 382 g/mol. The van der Waals surface area contributed by atoms with Crippen LogP contribution in [0, 0.1) is 20.8 Å². The zero-order valence-corrected chi connectivity index (χ0v) is 16.3. The van der Waals surface area contributed by atoms with Gasteiger partial charge in [0, 0.05) is 6.20 Å². The lowest BCUT2D eigenvalue weighted by atomic mass is 10.1. The number of nitrogens with one attached hydrogen (secondary N) is 2. The van der Waals surface area contributed by atoms with Crippen LogP contribution in [-0.2, 0) is 16.6 Å². The van der Waals surface area contributed by atoms with E-state index in [1.54, 1.807) is 32.2 Å². The van der Waals surface area contributed by atoms with Crippen molar-refractivity contribution in [2.75, 3.05) is 10.0 Å². The van der Waals surface area contributed by atoms with Gasteiger partial charge in [-0.1, -0.05) is 23.8 Å². The SMILES string of the molecule is Cc1cc(C)c(S(=O)(=O)Nc2ccc(NCc3ccccn3)nc2)c(C)c1. The summed E-state index contributed by atoms with van der Waals surface area (Å²) >= 11 is 0. The molecule has 3 rings (SSSR count). The van der Waals surface area contributed by atoms with Crippen LogP contribution in [0.2, 0.25) is 0 Å². The number of nitrogens with zero attached hydrogens (tertiary/aromatic N) is 2. The van der Waals surface area contributed by atoms with Gasteiger partial charge in [0.1, 0.15) is 5.82 Å². The number of rotatable bonds is 6. The van der Waals surface area contributed by atoms with E-state index in [0.29, 0.717) is 22.9 Å². The molecule has 3 aromatic rings. The minimum atomic E-state index is -3.68. The lowest BCUT2D eigenvalue weighted by molar-refractivity contribution is 0.600. The van der Waals surface area contributed by atoms with Crippen LogP contribution in [-0.4, -0.2) is 18.4 Å². The molecule has 0 saturated carbocycles. The highest BCUT2D eigenvalue weighted by Crippen LogP contribution is 2.24. The van der Waals surface area contributed by atoms with E-state index in [9.17, 15) is 8.42 Å². The van der Waals surface area contributed by atoms with E-state index >= 15 is 0 Å². The van der Waals surface area contributed by atoms with E-state index in [4.69, 9.17) is 0 Å². The summed E-state index contributed by atoms with van der Waals surface area (Å²) in [4.78, 5) is 8.81. The van der Waals surface area contributed by atoms with E-state index in [1.165, 1.54) is 6.20 Å². The number of pyridine rings is 2. The average molecular weight is 382 g/mol. The molecule has 0 aliphatic rings. The van der Waals surface area contributed by atoms with Gasteiger partial charge in [-0.2, -0.15) is 0 Å². The largest absolute Gasteiger partial charge is 0.364 e. The Kier molecular flexibility index (Phi) is 5.41. The molecule has 2 aromatic heterocycles. The van der Waals surface area contributed by atoms with Gasteiger partial charge in [-0.15, -0.1) is 0 Å². The first-order chi connectivity index (χ1) is 12.8. The Morgan fingerprint density at radius 2 is 1.70 bits per heavy atom. The number of benzene rings is 1. The third kappa shape index (κ3) is 4.62. The van der Waals surface area contributed by atoms with Crippen LogP contribution < -0.4 is 10.0 Å². The van der Waals surface area contributed by atoms with Crippen LogP contribution in [0.1, 0.15) is 22.4 Å². The molecule has 2 N–H and O–H groups in total. The van der Waals surface area contributed by atoms with E-state index in [0.717, 1.165) is 22.4 Å². The second-order valence-electron chi connectivity index (χ2n) is 6.44. The zero-order chi connectivity index (χ0) is 19.4. The number of aromatic nitrogens is 2. The number of aryl methyl sites for hydroxylation is 3. The Hall–Kier alpha value is -2.93. The third-order valence-electron chi connectivity index (χ3n) is 4.07. The summed E-state index contributed by atoms with van der Waals surface area (Å²) in [7, 11) is -3.68. The second-order valence-corrected chi connectivity index (χ2v) is 8.06. The Labute approximate surface area is 159 Å². The van der Waals surface area contributed by atoms with E-state index < -0.39 is 10.0 Å². The smallest absolute Gasteiger partial charge is 0.262 e. The quantitative estimate of drug-likeness (QED) is 0.677. The van der Waals surface area contributed by atoms with Crippen molar-refractivity contribution in [2.24, 2.45) is 0 Å². The summed E-state index contributed by atoms with van der Waals surface area (Å²) in [6.45, 7) is 6.10. The molecule has 0 fully saturated rings. The maximum Gasteiger partial charge on any atom is 0.262 e. The molecule has 0 aliphatic carbocycles. The lowest BCUT2D eigenvalue weighted by Crippen LogP contribution is -2.16. The predicted molar refractivity (Wildman–Crippen MR) is 107 cm³/mol. The highest BCUT2D eigenvalue weighted by atomic mass is 32.2. The van der Waals surface area contributed by atoms with Crippen molar-refractivity contribution >= 4 is 21.5 Å². The fourth-order valence-electron chi connectivity index (χ4n) is 3.04. The summed E-state index contributed by atoms with van der Waals surface area (Å²) in [6, 6.07) is 12.8. The van der Waals surface area contributed by atoms with Crippen molar-refractivity contribution in [2.45, 2.75) is 32.2 Å². The molecule has 6 nitrogen and oxygen atoms in total. The van der Waals surface area contributed by atoms with E-state index in [1.807, 2.05) is 37.3 Å². The minimum Gasteiger partial charge on any atom is -0.364 e. The summed E-state index contributed by atoms with van der Waals surface area (Å²) in [5, 5.41) is 3.16. The number of hydrogen-bond acceptors (Lipinski definition) is 5. The van der Waals surface area contributed by atoms with Gasteiger partial charge in [0.15, 0.2) is 0 Å². The van der Waals surface area contributed by atoms with E-state index in [-0.39, 0.29) is 0 Å². The van der Waals surface area contributed by atoms with Crippen LogP contribution in [0.4, 0.5) is 11.5 Å². The molecule has 7 heteroatoms. The van der Waals surface area contributed by atoms with Crippen LogP contribution >= 0.6 is 0 Å². The minimum absolute atomic E-state index is 0.311. The molecule has 0 atom stereocenters. The molecule has 0 bridgehead atoms. The van der Waals surface area contributed by atoms with Gasteiger partial charge in [0.2, 0.25) is 0 Å². The highest BCUT2D eigenvalue weighted by molar-refractivity contribution is 7.92. The zero-order valence-electron chi connectivity index (χ0n) is 15.5. The molecule has 140 valence electrons. The van der Waals surface area contributed by atoms with Crippen molar-refractivity contribution < 1.29 is 8.42 Å². The van der Waals surface area contributed by atoms with Crippen LogP contribution in [0.3, 0.4) is 0 Å². The van der Waals surface area contributed by atoms with Gasteiger partial charge in [-0.3, -0.25) is 9.71 Å². The third-order valence-corrected chi connectivity index (χ3v) is 5.75. The van der Waals surface area contributed by atoms with E-state index in [2.05, 4.69) is 20.0 Å². The van der Waals surface area contributed by atoms with Gasteiger partial charge < -0.3 is 5.32 Å². The van der Waals surface area contributed by atoms with Crippen LogP contribution in [0.15, 0.2) is 59.8 Å². The van der Waals surface area contributed by atoms with Crippen LogP contribution in [0.5, 0.6) is 0 Å². The van der Waals surface area contributed by atoms with Gasteiger partial charge in [0.05, 0.1) is 29.0 Å². The second kappa shape index (κ2) is 7.75. The maximum absolute atomic E-state index is 12.8. The first kappa shape index (κ1) is 18.8. The number of sulfonamides is 1. The molecule has 1 aromatic carbocycles. The van der Waals surface area contributed by atoms with Crippen molar-refractivity contribution in [3.8, 4) is 0 Å². The lowest BCUT2D eigenvalue weighted by Gasteiger charge is -2.14. The van der Waals surface area contributed by atoms with Gasteiger partial charge in [0.25, 0.3) is 10.0 Å². The Morgan fingerprint density at radius 1 is 0.963 bits per heavy atom. The average Bonchev–Trinajstić information content (AvgIpc) is 2.60. The molecule has 0 spiro atoms. The Morgan fingerprint density at radius 3 is 2.30 bits per heavy atom. The molecule has 27 heavy (non-hydrogen) atoms. The van der Waals surface area contributed by atoms with Crippen LogP contribution in [0.25, 0.3) is 0 Å². The number of anilines is 2. The standard InChI is InChI=1S/C20H22N4O2S/c1-14-10-15(2)20(16(3)11-14)27(25,26)24-18-7-8-19(23-13-18)22-12-17-6-4-5-9-21-17/h4-11,13,24H,12H2,1-3H3,(H,22,23).